The maximum atomic E-state index is 11.4. The van der Waals surface area contributed by atoms with Gasteiger partial charge in [0.25, 0.3) is 0 Å². The molecule has 0 aliphatic carbocycles. The largest absolute Gasteiger partial charge is 0.356 e. The van der Waals surface area contributed by atoms with Crippen LogP contribution in [0.15, 0.2) is 51.7 Å². The van der Waals surface area contributed by atoms with Crippen molar-refractivity contribution in [3.05, 3.63) is 52.2 Å². The van der Waals surface area contributed by atoms with Crippen LogP contribution < -0.4 is 15.8 Å². The van der Waals surface area contributed by atoms with Crippen molar-refractivity contribution >= 4 is 51.3 Å². The quantitative estimate of drug-likeness (QED) is 0.318. The van der Waals surface area contributed by atoms with Crippen LogP contribution in [0, 0.1) is 0 Å². The molecule has 0 saturated heterocycles. The van der Waals surface area contributed by atoms with E-state index in [1.807, 2.05) is 12.1 Å². The van der Waals surface area contributed by atoms with Gasteiger partial charge in [-0.05, 0) is 29.1 Å². The number of rotatable bonds is 6. The Morgan fingerprint density at radius 3 is 2.54 bits per heavy atom. The van der Waals surface area contributed by atoms with Gasteiger partial charge >= 0.3 is 0 Å². The lowest BCUT2D eigenvalue weighted by Gasteiger charge is -2.25. The fourth-order valence-electron chi connectivity index (χ4n) is 2.29. The minimum atomic E-state index is -3.70. The van der Waals surface area contributed by atoms with E-state index in [4.69, 9.17) is 5.14 Å². The van der Waals surface area contributed by atoms with Crippen molar-refractivity contribution < 1.29 is 8.42 Å². The SMILES string of the molecule is CN=C(NCc1cccc(S(N)(=O)=O)c1)NCC(C)(C)c1cccs1.I. The monoisotopic (exact) mass is 508 g/mol. The van der Waals surface area contributed by atoms with Crippen LogP contribution in [0.25, 0.3) is 0 Å². The lowest BCUT2D eigenvalue weighted by molar-refractivity contribution is 0.518. The molecule has 2 rings (SSSR count). The molecule has 144 valence electrons. The summed E-state index contributed by atoms with van der Waals surface area (Å²) in [6.07, 6.45) is 0. The van der Waals surface area contributed by atoms with Crippen LogP contribution in [0.3, 0.4) is 0 Å². The molecule has 1 aromatic carbocycles. The van der Waals surface area contributed by atoms with Gasteiger partial charge < -0.3 is 10.6 Å². The summed E-state index contributed by atoms with van der Waals surface area (Å²) in [6.45, 7) is 5.52. The van der Waals surface area contributed by atoms with Gasteiger partial charge in [-0.3, -0.25) is 4.99 Å². The van der Waals surface area contributed by atoms with Gasteiger partial charge in [0.15, 0.2) is 5.96 Å². The minimum Gasteiger partial charge on any atom is -0.356 e. The van der Waals surface area contributed by atoms with Gasteiger partial charge in [0.2, 0.25) is 10.0 Å². The Hall–Kier alpha value is -1.17. The number of sulfonamides is 1. The third kappa shape index (κ3) is 6.53. The lowest BCUT2D eigenvalue weighted by Crippen LogP contribution is -2.42. The molecule has 0 fully saturated rings. The number of hydrogen-bond acceptors (Lipinski definition) is 4. The molecule has 0 amide bonds. The van der Waals surface area contributed by atoms with Crippen LogP contribution in [-0.2, 0) is 22.0 Å². The summed E-state index contributed by atoms with van der Waals surface area (Å²) in [5.41, 5.74) is 0.797. The standard InChI is InChI=1S/C17H24N4O2S2.HI/c1-17(2,15-8-5-9-24-15)12-21-16(19-3)20-11-13-6-4-7-14(10-13)25(18,22)23;/h4-10H,11-12H2,1-3H3,(H2,18,22,23)(H2,19,20,21);1H. The van der Waals surface area contributed by atoms with Crippen molar-refractivity contribution in [1.82, 2.24) is 10.6 Å². The summed E-state index contributed by atoms with van der Waals surface area (Å²) in [6, 6.07) is 10.7. The van der Waals surface area contributed by atoms with E-state index in [1.165, 1.54) is 10.9 Å². The Balaban J connectivity index is 0.00000338. The molecule has 2 aromatic rings. The Kier molecular flexibility index (Phi) is 8.51. The van der Waals surface area contributed by atoms with Crippen LogP contribution >= 0.6 is 35.3 Å². The van der Waals surface area contributed by atoms with Crippen molar-refractivity contribution in [2.45, 2.75) is 30.7 Å². The van der Waals surface area contributed by atoms with E-state index in [-0.39, 0.29) is 34.3 Å². The van der Waals surface area contributed by atoms with Crippen LogP contribution in [0.2, 0.25) is 0 Å². The minimum absolute atomic E-state index is 0. The number of hydrogen-bond donors (Lipinski definition) is 3. The number of nitrogens with one attached hydrogen (secondary N) is 2. The zero-order valence-electron chi connectivity index (χ0n) is 15.0. The van der Waals surface area contributed by atoms with Crippen LogP contribution in [-0.4, -0.2) is 28.0 Å². The molecule has 0 spiro atoms. The number of nitrogens with zero attached hydrogens (tertiary/aromatic N) is 1. The fourth-order valence-corrected chi connectivity index (χ4v) is 3.73. The third-order valence-corrected chi connectivity index (χ3v) is 5.94. The molecule has 0 aliphatic heterocycles. The zero-order valence-corrected chi connectivity index (χ0v) is 19.0. The van der Waals surface area contributed by atoms with Crippen molar-refractivity contribution in [3.8, 4) is 0 Å². The van der Waals surface area contributed by atoms with Gasteiger partial charge in [-0.15, -0.1) is 35.3 Å². The second-order valence-corrected chi connectivity index (χ2v) is 8.84. The molecular formula is C17H25IN4O2S2. The summed E-state index contributed by atoms with van der Waals surface area (Å²) >= 11 is 1.73. The smallest absolute Gasteiger partial charge is 0.238 e. The van der Waals surface area contributed by atoms with E-state index in [9.17, 15) is 8.42 Å². The first-order valence-electron chi connectivity index (χ1n) is 7.82. The van der Waals surface area contributed by atoms with Gasteiger partial charge in [-0.25, -0.2) is 13.6 Å². The molecule has 26 heavy (non-hydrogen) atoms. The van der Waals surface area contributed by atoms with Gasteiger partial charge in [0, 0.05) is 30.4 Å². The first-order valence-corrected chi connectivity index (χ1v) is 10.3. The van der Waals surface area contributed by atoms with Crippen molar-refractivity contribution in [1.29, 1.82) is 0 Å². The van der Waals surface area contributed by atoms with Crippen molar-refractivity contribution in [3.63, 3.8) is 0 Å². The Morgan fingerprint density at radius 1 is 1.23 bits per heavy atom. The van der Waals surface area contributed by atoms with Crippen LogP contribution in [0.1, 0.15) is 24.3 Å². The molecular weight excluding hydrogens is 483 g/mol. The Bertz CT molecular complexity index is 834. The second-order valence-electron chi connectivity index (χ2n) is 6.33. The van der Waals surface area contributed by atoms with Crippen LogP contribution in [0.5, 0.6) is 0 Å². The molecule has 0 aliphatic rings. The third-order valence-electron chi connectivity index (χ3n) is 3.80. The molecule has 0 saturated carbocycles. The van der Waals surface area contributed by atoms with E-state index in [0.717, 1.165) is 12.1 Å². The van der Waals surface area contributed by atoms with Gasteiger partial charge in [-0.2, -0.15) is 0 Å². The summed E-state index contributed by atoms with van der Waals surface area (Å²) < 4.78 is 22.9. The topological polar surface area (TPSA) is 96.6 Å². The van der Waals surface area contributed by atoms with E-state index >= 15 is 0 Å². The highest BCUT2D eigenvalue weighted by Crippen LogP contribution is 2.26. The summed E-state index contributed by atoms with van der Waals surface area (Å²) in [4.78, 5) is 5.62. The van der Waals surface area contributed by atoms with Crippen molar-refractivity contribution in [2.75, 3.05) is 13.6 Å². The maximum Gasteiger partial charge on any atom is 0.238 e. The Morgan fingerprint density at radius 2 is 1.96 bits per heavy atom. The molecule has 1 aromatic heterocycles. The fraction of sp³-hybridized carbons (Fsp3) is 0.353. The van der Waals surface area contributed by atoms with E-state index in [2.05, 4.69) is 40.9 Å². The van der Waals surface area contributed by atoms with E-state index in [1.54, 1.807) is 30.5 Å². The number of primary sulfonamides is 1. The van der Waals surface area contributed by atoms with Gasteiger partial charge in [0.05, 0.1) is 4.90 Å². The summed E-state index contributed by atoms with van der Waals surface area (Å²) in [5.74, 6) is 0.658. The molecule has 9 heteroatoms. The molecule has 0 atom stereocenters. The first kappa shape index (κ1) is 22.9. The number of benzene rings is 1. The molecule has 0 radical (unpaired) electrons. The summed E-state index contributed by atoms with van der Waals surface area (Å²) in [7, 11) is -1.99. The predicted octanol–water partition coefficient (Wildman–Crippen LogP) is 2.66. The average Bonchev–Trinajstić information content (AvgIpc) is 3.10. The van der Waals surface area contributed by atoms with E-state index < -0.39 is 10.0 Å². The highest BCUT2D eigenvalue weighted by atomic mass is 127. The highest BCUT2D eigenvalue weighted by molar-refractivity contribution is 14.0. The van der Waals surface area contributed by atoms with Crippen molar-refractivity contribution in [2.24, 2.45) is 10.1 Å². The number of nitrogens with two attached hydrogens (primary N) is 1. The molecule has 6 nitrogen and oxygen atoms in total. The Labute approximate surface area is 176 Å². The first-order chi connectivity index (χ1) is 11.7. The van der Waals surface area contributed by atoms with E-state index in [0.29, 0.717) is 12.5 Å². The zero-order chi connectivity index (χ0) is 18.5. The predicted molar refractivity (Wildman–Crippen MR) is 119 cm³/mol. The van der Waals surface area contributed by atoms with Gasteiger partial charge in [-0.1, -0.05) is 32.0 Å². The number of thiophene rings is 1. The average molecular weight is 508 g/mol. The molecule has 0 unspecified atom stereocenters. The van der Waals surface area contributed by atoms with Gasteiger partial charge in [0.1, 0.15) is 0 Å². The molecule has 0 bridgehead atoms. The normalized spacial score (nSPS) is 12.4. The number of halogens is 1. The van der Waals surface area contributed by atoms with Crippen LogP contribution in [0.4, 0.5) is 0 Å². The number of guanidine groups is 1. The molecule has 1 heterocycles. The highest BCUT2D eigenvalue weighted by Gasteiger charge is 2.21. The lowest BCUT2D eigenvalue weighted by atomic mass is 9.91. The maximum absolute atomic E-state index is 11.4. The molecule has 4 N–H and O–H groups in total. The second kappa shape index (κ2) is 9.67. The summed E-state index contributed by atoms with van der Waals surface area (Å²) in [5, 5.41) is 13.7. The number of aliphatic imine (C=N–C) groups is 1.